The molecule has 0 N–H and O–H groups in total. The first-order valence-electron chi connectivity index (χ1n) is 7.18. The Morgan fingerprint density at radius 1 is 1.00 bits per heavy atom. The van der Waals surface area contributed by atoms with Crippen LogP contribution in [0, 0.1) is 0 Å². The number of benzene rings is 2. The molecule has 0 saturated carbocycles. The minimum absolute atomic E-state index is 0.224. The van der Waals surface area contributed by atoms with E-state index < -0.39 is 0 Å². The SMILES string of the molecule is COC(C)Oc1cccc2c([S+]3CCCC3)cccc12. The van der Waals surface area contributed by atoms with Gasteiger partial charge in [0.25, 0.3) is 0 Å². The second-order valence-corrected chi connectivity index (χ2v) is 7.38. The highest BCUT2D eigenvalue weighted by Crippen LogP contribution is 2.34. The maximum absolute atomic E-state index is 5.88. The van der Waals surface area contributed by atoms with E-state index >= 15 is 0 Å². The second-order valence-electron chi connectivity index (χ2n) is 5.14. The van der Waals surface area contributed by atoms with E-state index in [1.165, 1.54) is 40.0 Å². The molecule has 0 radical (unpaired) electrons. The molecule has 2 aromatic rings. The standard InChI is InChI=1S/C17H21O2S/c1-13(18-2)19-16-9-5-8-15-14(16)7-6-10-17(15)20-11-3-4-12-20/h5-10,13H,3-4,11-12H2,1-2H3/q+1. The molecule has 1 aliphatic rings. The minimum atomic E-state index is -0.224. The summed E-state index contributed by atoms with van der Waals surface area (Å²) >= 11 is 0. The Morgan fingerprint density at radius 3 is 2.45 bits per heavy atom. The third-order valence-electron chi connectivity index (χ3n) is 3.81. The maximum atomic E-state index is 5.88. The highest BCUT2D eigenvalue weighted by Gasteiger charge is 2.28. The molecular formula is C17H21O2S+. The molecule has 20 heavy (non-hydrogen) atoms. The van der Waals surface area contributed by atoms with E-state index in [2.05, 4.69) is 30.3 Å². The molecule has 0 spiro atoms. The molecule has 3 heteroatoms. The van der Waals surface area contributed by atoms with Gasteiger partial charge in [0.15, 0.2) is 11.2 Å². The second kappa shape index (κ2) is 6.06. The van der Waals surface area contributed by atoms with E-state index in [1.807, 2.05) is 13.0 Å². The molecule has 2 nitrogen and oxygen atoms in total. The van der Waals surface area contributed by atoms with Crippen molar-refractivity contribution in [3.8, 4) is 5.75 Å². The van der Waals surface area contributed by atoms with Crippen molar-refractivity contribution in [2.24, 2.45) is 0 Å². The van der Waals surface area contributed by atoms with E-state index in [0.29, 0.717) is 10.9 Å². The van der Waals surface area contributed by atoms with Crippen LogP contribution in [0.15, 0.2) is 41.3 Å². The molecule has 0 aromatic heterocycles. The van der Waals surface area contributed by atoms with Crippen LogP contribution in [0.4, 0.5) is 0 Å². The number of ether oxygens (including phenoxy) is 2. The monoisotopic (exact) mass is 289 g/mol. The lowest BCUT2D eigenvalue weighted by Gasteiger charge is -2.15. The Morgan fingerprint density at radius 2 is 1.70 bits per heavy atom. The van der Waals surface area contributed by atoms with E-state index in [-0.39, 0.29) is 6.29 Å². The van der Waals surface area contributed by atoms with Crippen LogP contribution in [0.3, 0.4) is 0 Å². The van der Waals surface area contributed by atoms with Gasteiger partial charge in [-0.3, -0.25) is 0 Å². The van der Waals surface area contributed by atoms with Crippen molar-refractivity contribution in [3.63, 3.8) is 0 Å². The summed E-state index contributed by atoms with van der Waals surface area (Å²) in [6.45, 7) is 1.92. The molecule has 0 aliphatic carbocycles. The number of hydrogen-bond donors (Lipinski definition) is 0. The lowest BCUT2D eigenvalue weighted by atomic mass is 10.1. The zero-order chi connectivity index (χ0) is 13.9. The first-order chi connectivity index (χ1) is 9.79. The molecule has 1 heterocycles. The van der Waals surface area contributed by atoms with Crippen molar-refractivity contribution < 1.29 is 9.47 Å². The first kappa shape index (κ1) is 13.8. The molecule has 0 bridgehead atoms. The molecule has 106 valence electrons. The van der Waals surface area contributed by atoms with Crippen molar-refractivity contribution >= 4 is 21.7 Å². The van der Waals surface area contributed by atoms with Gasteiger partial charge in [-0.2, -0.15) is 0 Å². The summed E-state index contributed by atoms with van der Waals surface area (Å²) in [4.78, 5) is 1.51. The van der Waals surface area contributed by atoms with Crippen molar-refractivity contribution in [1.82, 2.24) is 0 Å². The summed E-state index contributed by atoms with van der Waals surface area (Å²) in [6, 6.07) is 12.9. The third kappa shape index (κ3) is 2.65. The van der Waals surface area contributed by atoms with Gasteiger partial charge in [-0.05, 0) is 38.0 Å². The highest BCUT2D eigenvalue weighted by molar-refractivity contribution is 7.97. The Labute approximate surface area is 123 Å². The zero-order valence-corrected chi connectivity index (χ0v) is 12.9. The van der Waals surface area contributed by atoms with Crippen LogP contribution in [0.1, 0.15) is 19.8 Å². The van der Waals surface area contributed by atoms with Crippen LogP contribution in [-0.2, 0) is 15.6 Å². The Bertz CT molecular complexity index is 591. The molecule has 1 saturated heterocycles. The van der Waals surface area contributed by atoms with Gasteiger partial charge in [-0.25, -0.2) is 0 Å². The summed E-state index contributed by atoms with van der Waals surface area (Å²) in [5, 5.41) is 2.55. The smallest absolute Gasteiger partial charge is 0.196 e. The van der Waals surface area contributed by atoms with Crippen molar-refractivity contribution in [2.45, 2.75) is 31.0 Å². The van der Waals surface area contributed by atoms with Crippen LogP contribution in [-0.4, -0.2) is 24.9 Å². The van der Waals surface area contributed by atoms with Gasteiger partial charge in [0, 0.05) is 28.8 Å². The lowest BCUT2D eigenvalue weighted by Crippen LogP contribution is -2.13. The topological polar surface area (TPSA) is 18.5 Å². The summed E-state index contributed by atoms with van der Waals surface area (Å²) in [6.07, 6.45) is 2.52. The normalized spacial score (nSPS) is 17.5. The van der Waals surface area contributed by atoms with Crippen molar-refractivity contribution in [1.29, 1.82) is 0 Å². The molecule has 2 aromatic carbocycles. The Kier molecular flexibility index (Phi) is 4.18. The van der Waals surface area contributed by atoms with Crippen LogP contribution < -0.4 is 4.74 Å². The third-order valence-corrected chi connectivity index (χ3v) is 6.35. The summed E-state index contributed by atoms with van der Waals surface area (Å²) in [5.74, 6) is 3.61. The van der Waals surface area contributed by atoms with Gasteiger partial charge in [0.05, 0.1) is 0 Å². The van der Waals surface area contributed by atoms with Crippen LogP contribution >= 0.6 is 0 Å². The molecule has 1 unspecified atom stereocenters. The molecule has 1 atom stereocenters. The molecule has 1 aliphatic heterocycles. The summed E-state index contributed by atoms with van der Waals surface area (Å²) in [7, 11) is 2.09. The van der Waals surface area contributed by atoms with Crippen LogP contribution in [0.2, 0.25) is 0 Å². The van der Waals surface area contributed by atoms with Gasteiger partial charge in [-0.1, -0.05) is 18.2 Å². The largest absolute Gasteiger partial charge is 0.465 e. The van der Waals surface area contributed by atoms with Gasteiger partial charge >= 0.3 is 0 Å². The quantitative estimate of drug-likeness (QED) is 0.626. The number of hydrogen-bond acceptors (Lipinski definition) is 2. The van der Waals surface area contributed by atoms with E-state index in [1.54, 1.807) is 7.11 Å². The average molecular weight is 289 g/mol. The fraction of sp³-hybridized carbons (Fsp3) is 0.412. The number of fused-ring (bicyclic) bond motifs is 1. The van der Waals surface area contributed by atoms with E-state index in [0.717, 1.165) is 5.75 Å². The van der Waals surface area contributed by atoms with Gasteiger partial charge in [0.1, 0.15) is 17.3 Å². The van der Waals surface area contributed by atoms with E-state index in [9.17, 15) is 0 Å². The molecular weight excluding hydrogens is 268 g/mol. The average Bonchev–Trinajstić information content (AvgIpc) is 3.01. The molecule has 0 amide bonds. The summed E-state index contributed by atoms with van der Waals surface area (Å²) in [5.41, 5.74) is 0. The first-order valence-corrected chi connectivity index (χ1v) is 8.74. The van der Waals surface area contributed by atoms with E-state index in [4.69, 9.17) is 9.47 Å². The number of rotatable bonds is 4. The molecule has 3 rings (SSSR count). The highest BCUT2D eigenvalue weighted by atomic mass is 32.2. The fourth-order valence-corrected chi connectivity index (χ4v) is 5.22. The Balaban J connectivity index is 2.04. The summed E-state index contributed by atoms with van der Waals surface area (Å²) < 4.78 is 11.1. The lowest BCUT2D eigenvalue weighted by molar-refractivity contribution is -0.0373. The van der Waals surface area contributed by atoms with Crippen LogP contribution in [0.5, 0.6) is 5.75 Å². The fourth-order valence-electron chi connectivity index (χ4n) is 2.71. The molecule has 1 fully saturated rings. The van der Waals surface area contributed by atoms with Gasteiger partial charge in [-0.15, -0.1) is 0 Å². The predicted molar refractivity (Wildman–Crippen MR) is 85.6 cm³/mol. The van der Waals surface area contributed by atoms with Crippen molar-refractivity contribution in [2.75, 3.05) is 18.6 Å². The van der Waals surface area contributed by atoms with Gasteiger partial charge in [0.2, 0.25) is 0 Å². The predicted octanol–water partition coefficient (Wildman–Crippen LogP) is 3.98. The maximum Gasteiger partial charge on any atom is 0.196 e. The minimum Gasteiger partial charge on any atom is -0.465 e. The zero-order valence-electron chi connectivity index (χ0n) is 12.1. The van der Waals surface area contributed by atoms with Crippen LogP contribution in [0.25, 0.3) is 10.8 Å². The van der Waals surface area contributed by atoms with Crippen molar-refractivity contribution in [3.05, 3.63) is 36.4 Å². The number of methoxy groups -OCH3 is 1. The Hall–Kier alpha value is -1.19. The van der Waals surface area contributed by atoms with Gasteiger partial charge < -0.3 is 9.47 Å².